The molecular weight excluding hydrogens is 415 g/mol. The SMILES string of the molecule is C#Cc1cccc(N(P)c2ncnc3cc(OCCOC)c(OCCOC)c(N)c23)c1. The smallest absolute Gasteiger partial charge is 0.185 e. The maximum Gasteiger partial charge on any atom is 0.185 e. The average Bonchev–Trinajstić information content (AvgIpc) is 2.80. The number of ether oxygens (including phenoxy) is 4. The van der Waals surface area contributed by atoms with Crippen LogP contribution in [-0.4, -0.2) is 50.6 Å². The molecule has 0 saturated carbocycles. The Bertz CT molecular complexity index is 1090. The Morgan fingerprint density at radius 1 is 1.06 bits per heavy atom. The standard InChI is InChI=1S/C22H25N4O4P/c1-4-15-6-5-7-16(12-15)26(31)22-19-17(24-14-25-22)13-18(29-10-8-27-2)21(20(19)23)30-11-9-28-3/h1,5-7,12-14H,8-11,23,31H2,2-3H3. The van der Waals surface area contributed by atoms with E-state index in [1.165, 1.54) is 6.33 Å². The zero-order valence-corrected chi connectivity index (χ0v) is 18.7. The van der Waals surface area contributed by atoms with E-state index >= 15 is 0 Å². The van der Waals surface area contributed by atoms with E-state index in [0.29, 0.717) is 60.3 Å². The maximum atomic E-state index is 6.55. The van der Waals surface area contributed by atoms with E-state index in [4.69, 9.17) is 31.1 Å². The molecule has 0 aliphatic carbocycles. The molecule has 0 amide bonds. The van der Waals surface area contributed by atoms with Gasteiger partial charge in [-0.1, -0.05) is 12.0 Å². The first-order valence-electron chi connectivity index (χ1n) is 9.52. The van der Waals surface area contributed by atoms with Gasteiger partial charge in [-0.25, -0.2) is 9.97 Å². The van der Waals surface area contributed by atoms with Gasteiger partial charge >= 0.3 is 0 Å². The Balaban J connectivity index is 2.10. The van der Waals surface area contributed by atoms with E-state index in [1.54, 1.807) is 20.3 Å². The van der Waals surface area contributed by atoms with Crippen molar-refractivity contribution in [3.8, 4) is 23.8 Å². The van der Waals surface area contributed by atoms with E-state index < -0.39 is 0 Å². The highest BCUT2D eigenvalue weighted by molar-refractivity contribution is 7.20. The molecule has 1 heterocycles. The van der Waals surface area contributed by atoms with E-state index in [9.17, 15) is 0 Å². The molecule has 0 fully saturated rings. The first-order valence-corrected chi connectivity index (χ1v) is 10.0. The molecule has 9 heteroatoms. The van der Waals surface area contributed by atoms with Gasteiger partial charge in [-0.05, 0) is 27.6 Å². The summed E-state index contributed by atoms with van der Waals surface area (Å²) in [5, 5.41) is 0.634. The Kier molecular flexibility index (Phi) is 7.85. The van der Waals surface area contributed by atoms with Crippen molar-refractivity contribution in [3.63, 3.8) is 0 Å². The highest BCUT2D eigenvalue weighted by Crippen LogP contribution is 2.44. The fourth-order valence-electron chi connectivity index (χ4n) is 2.96. The Labute approximate surface area is 183 Å². The fourth-order valence-corrected chi connectivity index (χ4v) is 3.32. The number of nitrogens with two attached hydrogens (primary N) is 1. The van der Waals surface area contributed by atoms with E-state index in [1.807, 2.05) is 28.9 Å². The van der Waals surface area contributed by atoms with Gasteiger partial charge in [0.25, 0.3) is 0 Å². The molecule has 0 saturated heterocycles. The zero-order valence-electron chi connectivity index (χ0n) is 17.5. The van der Waals surface area contributed by atoms with Crippen LogP contribution in [0, 0.1) is 12.3 Å². The molecular formula is C22H25N4O4P. The molecule has 1 unspecified atom stereocenters. The quantitative estimate of drug-likeness (QED) is 0.222. The van der Waals surface area contributed by atoms with E-state index in [-0.39, 0.29) is 0 Å². The Hall–Kier alpha value is -3.11. The van der Waals surface area contributed by atoms with Crippen LogP contribution in [0.1, 0.15) is 5.56 Å². The monoisotopic (exact) mass is 440 g/mol. The third kappa shape index (κ3) is 5.15. The van der Waals surface area contributed by atoms with Crippen molar-refractivity contribution in [2.24, 2.45) is 0 Å². The summed E-state index contributed by atoms with van der Waals surface area (Å²) in [6, 6.07) is 9.34. The van der Waals surface area contributed by atoms with Crippen LogP contribution in [0.5, 0.6) is 11.5 Å². The second kappa shape index (κ2) is 10.8. The van der Waals surface area contributed by atoms with Crippen LogP contribution in [-0.2, 0) is 9.47 Å². The number of hydrogen-bond acceptors (Lipinski definition) is 8. The van der Waals surface area contributed by atoms with Gasteiger partial charge in [0.1, 0.15) is 25.4 Å². The molecule has 0 radical (unpaired) electrons. The largest absolute Gasteiger partial charge is 0.487 e. The Morgan fingerprint density at radius 3 is 2.52 bits per heavy atom. The maximum absolute atomic E-state index is 6.55. The lowest BCUT2D eigenvalue weighted by atomic mass is 10.1. The van der Waals surface area contributed by atoms with Gasteiger partial charge in [-0.2, -0.15) is 0 Å². The van der Waals surface area contributed by atoms with Crippen molar-refractivity contribution < 1.29 is 18.9 Å². The lowest BCUT2D eigenvalue weighted by molar-refractivity contribution is 0.133. The van der Waals surface area contributed by atoms with Crippen LogP contribution < -0.4 is 19.9 Å². The molecule has 0 aliphatic heterocycles. The van der Waals surface area contributed by atoms with Gasteiger partial charge in [-0.15, -0.1) is 6.42 Å². The number of nitrogen functional groups attached to an aromatic ring is 1. The number of anilines is 3. The molecule has 0 aliphatic rings. The highest BCUT2D eigenvalue weighted by atomic mass is 31.0. The van der Waals surface area contributed by atoms with Crippen LogP contribution in [0.25, 0.3) is 10.9 Å². The molecule has 2 N–H and O–H groups in total. The predicted molar refractivity (Wildman–Crippen MR) is 125 cm³/mol. The molecule has 162 valence electrons. The molecule has 1 aromatic heterocycles. The van der Waals surface area contributed by atoms with Crippen LogP contribution in [0.4, 0.5) is 17.2 Å². The number of nitrogens with zero attached hydrogens (tertiary/aromatic N) is 3. The van der Waals surface area contributed by atoms with Crippen molar-refractivity contribution in [2.45, 2.75) is 0 Å². The third-order valence-electron chi connectivity index (χ3n) is 4.46. The highest BCUT2D eigenvalue weighted by Gasteiger charge is 2.21. The molecule has 8 nitrogen and oxygen atoms in total. The van der Waals surface area contributed by atoms with Crippen molar-refractivity contribution >= 4 is 37.5 Å². The number of benzene rings is 2. The number of methoxy groups -OCH3 is 2. The summed E-state index contributed by atoms with van der Waals surface area (Å²) in [7, 11) is 5.85. The normalized spacial score (nSPS) is 10.6. The second-order valence-corrected chi connectivity index (χ2v) is 6.97. The van der Waals surface area contributed by atoms with Gasteiger partial charge in [0.15, 0.2) is 11.5 Å². The summed E-state index contributed by atoms with van der Waals surface area (Å²) in [4.78, 5) is 8.85. The molecule has 2 aromatic carbocycles. The van der Waals surface area contributed by atoms with Gasteiger partial charge < -0.3 is 29.4 Å². The van der Waals surface area contributed by atoms with Gasteiger partial charge in [0, 0.05) is 31.5 Å². The molecule has 0 spiro atoms. The van der Waals surface area contributed by atoms with E-state index in [2.05, 4.69) is 25.3 Å². The Morgan fingerprint density at radius 2 is 1.81 bits per heavy atom. The fraction of sp³-hybridized carbons (Fsp3) is 0.273. The van der Waals surface area contributed by atoms with Crippen molar-refractivity contribution in [1.29, 1.82) is 0 Å². The number of aromatic nitrogens is 2. The molecule has 3 rings (SSSR count). The molecule has 31 heavy (non-hydrogen) atoms. The number of terminal acetylenes is 1. The van der Waals surface area contributed by atoms with E-state index in [0.717, 1.165) is 11.3 Å². The summed E-state index contributed by atoms with van der Waals surface area (Å²) in [5.41, 5.74) is 9.14. The number of fused-ring (bicyclic) bond motifs is 1. The van der Waals surface area contributed by atoms with Crippen LogP contribution in [0.15, 0.2) is 36.7 Å². The summed E-state index contributed by atoms with van der Waals surface area (Å²) in [6.45, 7) is 1.48. The third-order valence-corrected chi connectivity index (χ3v) is 5.00. The lowest BCUT2D eigenvalue weighted by Gasteiger charge is -2.22. The summed E-state index contributed by atoms with van der Waals surface area (Å²) in [6.07, 6.45) is 7.02. The average molecular weight is 440 g/mol. The van der Waals surface area contributed by atoms with Crippen molar-refractivity contribution in [3.05, 3.63) is 42.2 Å². The minimum atomic E-state index is 0.310. The second-order valence-electron chi connectivity index (χ2n) is 6.46. The minimum Gasteiger partial charge on any atom is -0.487 e. The predicted octanol–water partition coefficient (Wildman–Crippen LogP) is 3.17. The summed E-state index contributed by atoms with van der Waals surface area (Å²) >= 11 is 0. The topological polar surface area (TPSA) is 92.0 Å². The summed E-state index contributed by atoms with van der Waals surface area (Å²) < 4.78 is 23.7. The zero-order chi connectivity index (χ0) is 22.2. The molecule has 1 atom stereocenters. The number of rotatable bonds is 10. The van der Waals surface area contributed by atoms with Crippen LogP contribution in [0.3, 0.4) is 0 Å². The minimum absolute atomic E-state index is 0.310. The van der Waals surface area contributed by atoms with Gasteiger partial charge in [-0.3, -0.25) is 0 Å². The van der Waals surface area contributed by atoms with Crippen molar-refractivity contribution in [2.75, 3.05) is 51.1 Å². The number of hydrogen-bond donors (Lipinski definition) is 1. The first kappa shape index (κ1) is 22.6. The first-order chi connectivity index (χ1) is 15.1. The van der Waals surface area contributed by atoms with Crippen LogP contribution >= 0.6 is 9.39 Å². The van der Waals surface area contributed by atoms with Gasteiger partial charge in [0.2, 0.25) is 0 Å². The van der Waals surface area contributed by atoms with Crippen molar-refractivity contribution in [1.82, 2.24) is 9.97 Å². The van der Waals surface area contributed by atoms with Crippen LogP contribution in [0.2, 0.25) is 0 Å². The van der Waals surface area contributed by atoms with Gasteiger partial charge in [0.05, 0.1) is 29.8 Å². The molecule has 3 aromatic rings. The summed E-state index contributed by atoms with van der Waals surface area (Å²) in [5.74, 6) is 4.11. The lowest BCUT2D eigenvalue weighted by Crippen LogP contribution is -2.12. The molecule has 0 bridgehead atoms.